The summed E-state index contributed by atoms with van der Waals surface area (Å²) in [6, 6.07) is 12.5. The van der Waals surface area contributed by atoms with E-state index in [2.05, 4.69) is 55.2 Å². The van der Waals surface area contributed by atoms with E-state index in [9.17, 15) is 0 Å². The molecular formula is C15H18N2. The molecule has 1 heterocycles. The Labute approximate surface area is 103 Å². The maximum Gasteiger partial charge on any atom is 0.0929 e. The molecule has 2 nitrogen and oxygen atoms in total. The SMILES string of the molecule is Cc1ccc(-c2ccc(C(C)(C)C)cc2)nn1. The zero-order valence-corrected chi connectivity index (χ0v) is 10.9. The molecule has 0 saturated heterocycles. The first-order chi connectivity index (χ1) is 7.97. The van der Waals surface area contributed by atoms with Crippen molar-refractivity contribution >= 4 is 0 Å². The summed E-state index contributed by atoms with van der Waals surface area (Å²) in [6.07, 6.45) is 0. The van der Waals surface area contributed by atoms with E-state index in [0.717, 1.165) is 17.0 Å². The minimum absolute atomic E-state index is 0.192. The van der Waals surface area contributed by atoms with Gasteiger partial charge in [0.15, 0.2) is 0 Å². The molecule has 0 spiro atoms. The molecule has 0 saturated carbocycles. The van der Waals surface area contributed by atoms with Gasteiger partial charge in [-0.3, -0.25) is 0 Å². The summed E-state index contributed by atoms with van der Waals surface area (Å²) in [5.74, 6) is 0. The molecule has 1 aromatic heterocycles. The van der Waals surface area contributed by atoms with Gasteiger partial charge in [0, 0.05) is 5.56 Å². The molecule has 0 radical (unpaired) electrons. The second kappa shape index (κ2) is 4.28. The third kappa shape index (κ3) is 2.70. The van der Waals surface area contributed by atoms with Gasteiger partial charge >= 0.3 is 0 Å². The van der Waals surface area contributed by atoms with Crippen molar-refractivity contribution in [3.8, 4) is 11.3 Å². The van der Waals surface area contributed by atoms with Crippen LogP contribution in [-0.4, -0.2) is 10.2 Å². The number of aryl methyl sites for hydroxylation is 1. The largest absolute Gasteiger partial charge is 0.155 e. The molecule has 0 aliphatic rings. The number of nitrogens with zero attached hydrogens (tertiary/aromatic N) is 2. The van der Waals surface area contributed by atoms with Gasteiger partial charge in [0.1, 0.15) is 0 Å². The van der Waals surface area contributed by atoms with Gasteiger partial charge < -0.3 is 0 Å². The van der Waals surface area contributed by atoms with E-state index in [1.165, 1.54) is 5.56 Å². The van der Waals surface area contributed by atoms with Gasteiger partial charge in [-0.05, 0) is 30.0 Å². The zero-order valence-electron chi connectivity index (χ0n) is 10.9. The minimum atomic E-state index is 0.192. The highest BCUT2D eigenvalue weighted by Crippen LogP contribution is 2.24. The zero-order chi connectivity index (χ0) is 12.5. The quantitative estimate of drug-likeness (QED) is 0.740. The Kier molecular flexibility index (Phi) is 2.97. The monoisotopic (exact) mass is 226 g/mol. The number of hydrogen-bond acceptors (Lipinski definition) is 2. The molecule has 0 N–H and O–H groups in total. The molecular weight excluding hydrogens is 208 g/mol. The first-order valence-corrected chi connectivity index (χ1v) is 5.88. The van der Waals surface area contributed by atoms with Gasteiger partial charge in [-0.2, -0.15) is 10.2 Å². The molecule has 0 aliphatic carbocycles. The van der Waals surface area contributed by atoms with E-state index in [1.807, 2.05) is 19.1 Å². The Balaban J connectivity index is 2.33. The smallest absolute Gasteiger partial charge is 0.0929 e. The van der Waals surface area contributed by atoms with Crippen molar-refractivity contribution in [2.24, 2.45) is 0 Å². The topological polar surface area (TPSA) is 25.8 Å². The summed E-state index contributed by atoms with van der Waals surface area (Å²) in [7, 11) is 0. The van der Waals surface area contributed by atoms with E-state index < -0.39 is 0 Å². The van der Waals surface area contributed by atoms with Crippen LogP contribution in [-0.2, 0) is 5.41 Å². The van der Waals surface area contributed by atoms with Crippen molar-refractivity contribution in [1.29, 1.82) is 0 Å². The van der Waals surface area contributed by atoms with Gasteiger partial charge in [-0.1, -0.05) is 45.0 Å². The van der Waals surface area contributed by atoms with Crippen LogP contribution >= 0.6 is 0 Å². The lowest BCUT2D eigenvalue weighted by atomic mass is 9.86. The summed E-state index contributed by atoms with van der Waals surface area (Å²) < 4.78 is 0. The number of rotatable bonds is 1. The number of aromatic nitrogens is 2. The summed E-state index contributed by atoms with van der Waals surface area (Å²) >= 11 is 0. The van der Waals surface area contributed by atoms with Gasteiger partial charge in [0.05, 0.1) is 11.4 Å². The van der Waals surface area contributed by atoms with Crippen molar-refractivity contribution < 1.29 is 0 Å². The van der Waals surface area contributed by atoms with Gasteiger partial charge in [-0.25, -0.2) is 0 Å². The van der Waals surface area contributed by atoms with Crippen molar-refractivity contribution in [1.82, 2.24) is 10.2 Å². The van der Waals surface area contributed by atoms with Gasteiger partial charge in [0.25, 0.3) is 0 Å². The Morgan fingerprint density at radius 2 is 1.47 bits per heavy atom. The third-order valence-electron chi connectivity index (χ3n) is 2.84. The van der Waals surface area contributed by atoms with Crippen LogP contribution in [0.5, 0.6) is 0 Å². The Bertz CT molecular complexity index is 490. The predicted octanol–water partition coefficient (Wildman–Crippen LogP) is 3.75. The predicted molar refractivity (Wildman–Crippen MR) is 70.9 cm³/mol. The van der Waals surface area contributed by atoms with E-state index in [1.54, 1.807) is 0 Å². The molecule has 0 atom stereocenters. The first kappa shape index (κ1) is 11.8. The van der Waals surface area contributed by atoms with Crippen molar-refractivity contribution in [2.45, 2.75) is 33.1 Å². The van der Waals surface area contributed by atoms with Crippen LogP contribution in [0.4, 0.5) is 0 Å². The lowest BCUT2D eigenvalue weighted by Gasteiger charge is -2.19. The van der Waals surface area contributed by atoms with Crippen LogP contribution in [0.15, 0.2) is 36.4 Å². The molecule has 0 fully saturated rings. The second-order valence-electron chi connectivity index (χ2n) is 5.39. The minimum Gasteiger partial charge on any atom is -0.155 e. The van der Waals surface area contributed by atoms with Crippen LogP contribution in [0, 0.1) is 6.92 Å². The average Bonchev–Trinajstić information content (AvgIpc) is 2.29. The van der Waals surface area contributed by atoms with Crippen molar-refractivity contribution in [3.05, 3.63) is 47.7 Å². The first-order valence-electron chi connectivity index (χ1n) is 5.88. The number of benzene rings is 1. The van der Waals surface area contributed by atoms with Gasteiger partial charge in [-0.15, -0.1) is 0 Å². The Hall–Kier alpha value is -1.70. The third-order valence-corrected chi connectivity index (χ3v) is 2.84. The molecule has 2 aromatic rings. The molecule has 88 valence electrons. The summed E-state index contributed by atoms with van der Waals surface area (Å²) in [4.78, 5) is 0. The maximum absolute atomic E-state index is 4.19. The fourth-order valence-corrected chi connectivity index (χ4v) is 1.69. The molecule has 2 rings (SSSR count). The molecule has 17 heavy (non-hydrogen) atoms. The summed E-state index contributed by atoms with van der Waals surface area (Å²) in [5, 5.41) is 8.27. The van der Waals surface area contributed by atoms with E-state index >= 15 is 0 Å². The highest BCUT2D eigenvalue weighted by atomic mass is 15.1. The maximum atomic E-state index is 4.19. The second-order valence-corrected chi connectivity index (χ2v) is 5.39. The van der Waals surface area contributed by atoms with Crippen LogP contribution in [0.2, 0.25) is 0 Å². The molecule has 0 unspecified atom stereocenters. The van der Waals surface area contributed by atoms with E-state index in [4.69, 9.17) is 0 Å². The number of hydrogen-bond donors (Lipinski definition) is 0. The lowest BCUT2D eigenvalue weighted by molar-refractivity contribution is 0.590. The average molecular weight is 226 g/mol. The van der Waals surface area contributed by atoms with Crippen LogP contribution < -0.4 is 0 Å². The molecule has 0 bridgehead atoms. The molecule has 0 amide bonds. The van der Waals surface area contributed by atoms with Crippen molar-refractivity contribution in [3.63, 3.8) is 0 Å². The molecule has 2 heteroatoms. The highest BCUT2D eigenvalue weighted by molar-refractivity contribution is 5.59. The Morgan fingerprint density at radius 3 is 1.94 bits per heavy atom. The lowest BCUT2D eigenvalue weighted by Crippen LogP contribution is -2.10. The summed E-state index contributed by atoms with van der Waals surface area (Å²) in [6.45, 7) is 8.59. The van der Waals surface area contributed by atoms with E-state index in [-0.39, 0.29) is 5.41 Å². The van der Waals surface area contributed by atoms with E-state index in [0.29, 0.717) is 0 Å². The van der Waals surface area contributed by atoms with Crippen molar-refractivity contribution in [2.75, 3.05) is 0 Å². The van der Waals surface area contributed by atoms with Gasteiger partial charge in [0.2, 0.25) is 0 Å². The molecule has 0 aliphatic heterocycles. The standard InChI is InChI=1S/C15H18N2/c1-11-5-10-14(17-16-11)12-6-8-13(9-7-12)15(2,3)4/h5-10H,1-4H3. The normalized spacial score (nSPS) is 11.5. The highest BCUT2D eigenvalue weighted by Gasteiger charge is 2.13. The molecule has 1 aromatic carbocycles. The van der Waals surface area contributed by atoms with Crippen LogP contribution in [0.25, 0.3) is 11.3 Å². The fraction of sp³-hybridized carbons (Fsp3) is 0.333. The van der Waals surface area contributed by atoms with Crippen LogP contribution in [0.1, 0.15) is 32.0 Å². The summed E-state index contributed by atoms with van der Waals surface area (Å²) in [5.41, 5.74) is 4.51. The Morgan fingerprint density at radius 1 is 0.824 bits per heavy atom. The fourth-order valence-electron chi connectivity index (χ4n) is 1.69. The van der Waals surface area contributed by atoms with Crippen LogP contribution in [0.3, 0.4) is 0 Å².